The van der Waals surface area contributed by atoms with E-state index in [1.165, 1.54) is 0 Å². The summed E-state index contributed by atoms with van der Waals surface area (Å²) in [4.78, 5) is 23.8. The number of anilines is 2. The number of carbonyl (C=O) groups is 1. The molecule has 2 heterocycles. The van der Waals surface area contributed by atoms with E-state index in [0.717, 1.165) is 22.0 Å². The molecular weight excluding hydrogens is 466 g/mol. The van der Waals surface area contributed by atoms with E-state index in [9.17, 15) is 13.2 Å². The molecule has 1 amide bonds. The van der Waals surface area contributed by atoms with Gasteiger partial charge in [0, 0.05) is 25.0 Å². The van der Waals surface area contributed by atoms with Crippen molar-refractivity contribution in [3.05, 3.63) is 53.6 Å². The molecule has 0 bridgehead atoms. The van der Waals surface area contributed by atoms with Crippen molar-refractivity contribution < 1.29 is 17.9 Å². The second-order valence-corrected chi connectivity index (χ2v) is 11.4. The quantitative estimate of drug-likeness (QED) is 0.530. The van der Waals surface area contributed by atoms with Crippen molar-refractivity contribution in [3.63, 3.8) is 0 Å². The Morgan fingerprint density at radius 1 is 1.17 bits per heavy atom. The second-order valence-electron chi connectivity index (χ2n) is 9.32. The summed E-state index contributed by atoms with van der Waals surface area (Å²) in [6.45, 7) is 8.90. The van der Waals surface area contributed by atoms with Crippen LogP contribution < -0.4 is 15.5 Å². The van der Waals surface area contributed by atoms with Gasteiger partial charge in [0.25, 0.3) is 0 Å². The Labute approximate surface area is 205 Å². The number of carbonyl (C=O) groups excluding carboxylic acids is 1. The molecule has 2 N–H and O–H groups in total. The Morgan fingerprint density at radius 2 is 1.94 bits per heavy atom. The molecule has 0 saturated heterocycles. The van der Waals surface area contributed by atoms with Gasteiger partial charge >= 0.3 is 6.09 Å². The van der Waals surface area contributed by atoms with Gasteiger partial charge < -0.3 is 20.3 Å². The predicted octanol–water partition coefficient (Wildman–Crippen LogP) is 3.67. The third kappa shape index (κ3) is 5.64. The first-order valence-electron chi connectivity index (χ1n) is 11.6. The fourth-order valence-corrected chi connectivity index (χ4v) is 5.53. The van der Waals surface area contributed by atoms with Crippen molar-refractivity contribution >= 4 is 38.6 Å². The number of amides is 1. The van der Waals surface area contributed by atoms with Crippen LogP contribution in [0.2, 0.25) is 0 Å². The van der Waals surface area contributed by atoms with Gasteiger partial charge in [-0.3, -0.25) is 0 Å². The third-order valence-corrected chi connectivity index (χ3v) is 7.62. The molecule has 0 unspecified atom stereocenters. The highest BCUT2D eigenvalue weighted by Gasteiger charge is 2.27. The van der Waals surface area contributed by atoms with Crippen LogP contribution in [-0.4, -0.2) is 55.5 Å². The van der Waals surface area contributed by atoms with Crippen LogP contribution in [0.25, 0.3) is 10.9 Å². The molecule has 10 heteroatoms. The second kappa shape index (κ2) is 9.69. The minimum Gasteiger partial charge on any atom is -0.450 e. The van der Waals surface area contributed by atoms with Crippen LogP contribution in [0.1, 0.15) is 31.9 Å². The van der Waals surface area contributed by atoms with E-state index in [-0.39, 0.29) is 12.3 Å². The van der Waals surface area contributed by atoms with Crippen molar-refractivity contribution in [1.29, 1.82) is 0 Å². The van der Waals surface area contributed by atoms with Crippen molar-refractivity contribution in [2.24, 2.45) is 0 Å². The molecule has 0 radical (unpaired) electrons. The Bertz CT molecular complexity index is 1360. The van der Waals surface area contributed by atoms with Gasteiger partial charge in [-0.15, -0.1) is 0 Å². The number of benzene rings is 2. The molecule has 3 aromatic rings. The first kappa shape index (κ1) is 24.7. The summed E-state index contributed by atoms with van der Waals surface area (Å²) in [5.74, 6) is 1.05. The lowest BCUT2D eigenvalue weighted by atomic mass is 10.1. The number of aryl methyl sites for hydroxylation is 1. The van der Waals surface area contributed by atoms with Crippen LogP contribution in [0.4, 0.5) is 16.6 Å². The van der Waals surface area contributed by atoms with Crippen LogP contribution >= 0.6 is 0 Å². The zero-order valence-electron chi connectivity index (χ0n) is 20.5. The molecule has 1 aliphatic heterocycles. The lowest BCUT2D eigenvalue weighted by molar-refractivity contribution is 0.142. The molecule has 0 spiro atoms. The maximum absolute atomic E-state index is 12.8. The minimum atomic E-state index is -3.39. The SMILES string of the molecule is CCOC(=O)NC(C)(C)CNc1nc(N2CCS(=O)(=O)c3ccccc3C2)nc2ccc(C)cc12. The van der Waals surface area contributed by atoms with Gasteiger partial charge in [-0.05, 0) is 51.5 Å². The van der Waals surface area contributed by atoms with Crippen molar-refractivity contribution in [1.82, 2.24) is 15.3 Å². The summed E-state index contributed by atoms with van der Waals surface area (Å²) in [6, 6.07) is 13.0. The molecular formula is C25H31N5O4S. The summed E-state index contributed by atoms with van der Waals surface area (Å²) in [6.07, 6.45) is -0.479. The molecule has 186 valence electrons. The first-order chi connectivity index (χ1) is 16.6. The summed E-state index contributed by atoms with van der Waals surface area (Å²) in [7, 11) is -3.39. The highest BCUT2D eigenvalue weighted by atomic mass is 32.2. The van der Waals surface area contributed by atoms with Gasteiger partial charge in [-0.25, -0.2) is 18.2 Å². The summed E-state index contributed by atoms with van der Waals surface area (Å²) >= 11 is 0. The van der Waals surface area contributed by atoms with Gasteiger partial charge in [0.15, 0.2) is 9.84 Å². The lowest BCUT2D eigenvalue weighted by Gasteiger charge is -2.27. The molecule has 1 aliphatic rings. The summed E-state index contributed by atoms with van der Waals surface area (Å²) < 4.78 is 30.6. The number of nitrogens with zero attached hydrogens (tertiary/aromatic N) is 3. The molecule has 0 fully saturated rings. The molecule has 9 nitrogen and oxygen atoms in total. The Kier molecular flexibility index (Phi) is 6.84. The molecule has 0 saturated carbocycles. The molecule has 0 atom stereocenters. The molecule has 0 aliphatic carbocycles. The van der Waals surface area contributed by atoms with E-state index in [4.69, 9.17) is 14.7 Å². The van der Waals surface area contributed by atoms with Crippen LogP contribution in [0, 0.1) is 6.92 Å². The summed E-state index contributed by atoms with van der Waals surface area (Å²) in [5.41, 5.74) is 1.94. The van der Waals surface area contributed by atoms with E-state index in [2.05, 4.69) is 10.6 Å². The van der Waals surface area contributed by atoms with Gasteiger partial charge in [0.2, 0.25) is 5.95 Å². The zero-order chi connectivity index (χ0) is 25.2. The maximum atomic E-state index is 12.8. The van der Waals surface area contributed by atoms with Crippen LogP contribution in [0.15, 0.2) is 47.4 Å². The van der Waals surface area contributed by atoms with E-state index in [0.29, 0.717) is 36.4 Å². The van der Waals surface area contributed by atoms with Crippen LogP contribution in [0.3, 0.4) is 0 Å². The number of hydrogen-bond donors (Lipinski definition) is 2. The molecule has 4 rings (SSSR count). The zero-order valence-corrected chi connectivity index (χ0v) is 21.3. The fourth-order valence-electron chi connectivity index (χ4n) is 4.03. The highest BCUT2D eigenvalue weighted by molar-refractivity contribution is 7.91. The smallest absolute Gasteiger partial charge is 0.407 e. The Balaban J connectivity index is 1.68. The third-order valence-electron chi connectivity index (χ3n) is 5.83. The largest absolute Gasteiger partial charge is 0.450 e. The Morgan fingerprint density at radius 3 is 2.71 bits per heavy atom. The van der Waals surface area contributed by atoms with Crippen molar-refractivity contribution in [3.8, 4) is 0 Å². The minimum absolute atomic E-state index is 0.0153. The van der Waals surface area contributed by atoms with Crippen molar-refractivity contribution in [2.75, 3.05) is 35.7 Å². The van der Waals surface area contributed by atoms with Gasteiger partial charge in [0.1, 0.15) is 5.82 Å². The first-order valence-corrected chi connectivity index (χ1v) is 13.3. The van der Waals surface area contributed by atoms with Gasteiger partial charge in [-0.1, -0.05) is 29.8 Å². The number of ether oxygens (including phenoxy) is 1. The maximum Gasteiger partial charge on any atom is 0.407 e. The van der Waals surface area contributed by atoms with E-state index in [1.807, 2.05) is 56.0 Å². The predicted molar refractivity (Wildman–Crippen MR) is 137 cm³/mol. The van der Waals surface area contributed by atoms with E-state index < -0.39 is 21.5 Å². The number of hydrogen-bond acceptors (Lipinski definition) is 8. The monoisotopic (exact) mass is 497 g/mol. The fraction of sp³-hybridized carbons (Fsp3) is 0.400. The number of nitrogens with one attached hydrogen (secondary N) is 2. The number of alkyl carbamates (subject to hydrolysis) is 1. The Hall–Kier alpha value is -3.40. The highest BCUT2D eigenvalue weighted by Crippen LogP contribution is 2.29. The topological polar surface area (TPSA) is 114 Å². The number of rotatable bonds is 6. The molecule has 2 aromatic carbocycles. The van der Waals surface area contributed by atoms with Gasteiger partial charge in [-0.2, -0.15) is 4.98 Å². The average molecular weight is 498 g/mol. The number of aromatic nitrogens is 2. The van der Waals surface area contributed by atoms with Crippen molar-refractivity contribution in [2.45, 2.75) is 44.7 Å². The number of fused-ring (bicyclic) bond motifs is 2. The standard InChI is InChI=1S/C25H31N5O4S/c1-5-34-24(31)29-25(3,4)16-26-22-19-14-17(2)10-11-20(19)27-23(28-22)30-12-13-35(32,33)21-9-7-6-8-18(21)15-30/h6-11,14H,5,12-13,15-16H2,1-4H3,(H,29,31)(H,26,27,28). The molecule has 35 heavy (non-hydrogen) atoms. The van der Waals surface area contributed by atoms with Crippen LogP contribution in [-0.2, 0) is 21.1 Å². The van der Waals surface area contributed by atoms with E-state index >= 15 is 0 Å². The van der Waals surface area contributed by atoms with E-state index in [1.54, 1.807) is 19.1 Å². The van der Waals surface area contributed by atoms with Crippen LogP contribution in [0.5, 0.6) is 0 Å². The number of sulfone groups is 1. The average Bonchev–Trinajstić information content (AvgIpc) is 2.93. The normalized spacial score (nSPS) is 15.3. The molecule has 1 aromatic heterocycles. The summed E-state index contributed by atoms with van der Waals surface area (Å²) in [5, 5.41) is 7.07. The van der Waals surface area contributed by atoms with Gasteiger partial charge in [0.05, 0.1) is 28.3 Å². The lowest BCUT2D eigenvalue weighted by Crippen LogP contribution is -2.48.